The molecule has 0 saturated heterocycles. The molecule has 2 atom stereocenters. The number of benzene rings is 1. The molecule has 0 aliphatic heterocycles. The van der Waals surface area contributed by atoms with Gasteiger partial charge in [0.2, 0.25) is 5.91 Å². The van der Waals surface area contributed by atoms with E-state index in [1.807, 2.05) is 6.92 Å². The quantitative estimate of drug-likeness (QED) is 0.682. The second-order valence-corrected chi connectivity index (χ2v) is 5.70. The van der Waals surface area contributed by atoms with E-state index in [0.717, 1.165) is 19.4 Å². The van der Waals surface area contributed by atoms with Crippen LogP contribution >= 0.6 is 0 Å². The van der Waals surface area contributed by atoms with Crippen LogP contribution in [0.2, 0.25) is 0 Å². The highest BCUT2D eigenvalue weighted by Crippen LogP contribution is 2.14. The van der Waals surface area contributed by atoms with Crippen molar-refractivity contribution in [1.29, 1.82) is 0 Å². The van der Waals surface area contributed by atoms with Crippen LogP contribution in [0.3, 0.4) is 0 Å². The van der Waals surface area contributed by atoms with Gasteiger partial charge in [0.1, 0.15) is 0 Å². The van der Waals surface area contributed by atoms with Gasteiger partial charge < -0.3 is 5.32 Å². The molecule has 3 nitrogen and oxygen atoms in total. The van der Waals surface area contributed by atoms with Gasteiger partial charge in [0, 0.05) is 12.6 Å². The third kappa shape index (κ3) is 6.30. The summed E-state index contributed by atoms with van der Waals surface area (Å²) in [6.45, 7) is 9.12. The van der Waals surface area contributed by atoms with Crippen molar-refractivity contribution < 1.29 is 4.79 Å². The third-order valence-corrected chi connectivity index (χ3v) is 3.86. The SMILES string of the molecule is CCCCCNC(=O)C(C)NC(C)c1ccc(CC)cc1. The number of unbranched alkanes of at least 4 members (excludes halogenated alkanes) is 2. The molecule has 0 aromatic heterocycles. The lowest BCUT2D eigenvalue weighted by Gasteiger charge is -2.20. The molecular formula is C18H30N2O. The molecule has 0 bridgehead atoms. The highest BCUT2D eigenvalue weighted by atomic mass is 16.2. The van der Waals surface area contributed by atoms with Crippen LogP contribution < -0.4 is 10.6 Å². The van der Waals surface area contributed by atoms with Crippen LogP contribution in [-0.4, -0.2) is 18.5 Å². The monoisotopic (exact) mass is 290 g/mol. The summed E-state index contributed by atoms with van der Waals surface area (Å²) >= 11 is 0. The molecule has 1 rings (SSSR count). The van der Waals surface area contributed by atoms with E-state index in [0.29, 0.717) is 0 Å². The Kier molecular flexibility index (Phi) is 8.06. The predicted octanol–water partition coefficient (Wildman–Crippen LogP) is 3.59. The summed E-state index contributed by atoms with van der Waals surface area (Å²) in [6.07, 6.45) is 4.46. The molecule has 0 aliphatic rings. The van der Waals surface area contributed by atoms with Crippen LogP contribution in [0.4, 0.5) is 0 Å². The average molecular weight is 290 g/mol. The maximum atomic E-state index is 12.0. The first-order valence-corrected chi connectivity index (χ1v) is 8.21. The van der Waals surface area contributed by atoms with Gasteiger partial charge in [0.25, 0.3) is 0 Å². The van der Waals surface area contributed by atoms with Crippen molar-refractivity contribution in [3.8, 4) is 0 Å². The number of carbonyl (C=O) groups excluding carboxylic acids is 1. The fourth-order valence-corrected chi connectivity index (χ4v) is 2.33. The Hall–Kier alpha value is -1.35. The summed E-state index contributed by atoms with van der Waals surface area (Å²) in [5.41, 5.74) is 2.56. The van der Waals surface area contributed by atoms with Crippen molar-refractivity contribution in [2.45, 2.75) is 65.5 Å². The van der Waals surface area contributed by atoms with Gasteiger partial charge >= 0.3 is 0 Å². The molecular weight excluding hydrogens is 260 g/mol. The fourth-order valence-electron chi connectivity index (χ4n) is 2.33. The molecule has 2 unspecified atom stereocenters. The van der Waals surface area contributed by atoms with Crippen molar-refractivity contribution in [3.05, 3.63) is 35.4 Å². The summed E-state index contributed by atoms with van der Waals surface area (Å²) < 4.78 is 0. The largest absolute Gasteiger partial charge is 0.355 e. The first-order chi connectivity index (χ1) is 10.1. The maximum Gasteiger partial charge on any atom is 0.236 e. The standard InChI is InChI=1S/C18H30N2O/c1-5-7-8-13-19-18(21)15(4)20-14(3)17-11-9-16(6-2)10-12-17/h9-12,14-15,20H,5-8,13H2,1-4H3,(H,19,21). The molecule has 0 aliphatic carbocycles. The number of hydrogen-bond donors (Lipinski definition) is 2. The van der Waals surface area contributed by atoms with Crippen LogP contribution in [-0.2, 0) is 11.2 Å². The summed E-state index contributed by atoms with van der Waals surface area (Å²) in [6, 6.07) is 8.59. The first kappa shape index (κ1) is 17.7. The number of nitrogens with one attached hydrogen (secondary N) is 2. The van der Waals surface area contributed by atoms with Crippen LogP contribution in [0.15, 0.2) is 24.3 Å². The molecule has 1 aromatic carbocycles. The van der Waals surface area contributed by atoms with E-state index < -0.39 is 0 Å². The van der Waals surface area contributed by atoms with Crippen LogP contribution in [0, 0.1) is 0 Å². The second-order valence-electron chi connectivity index (χ2n) is 5.70. The minimum absolute atomic E-state index is 0.0862. The van der Waals surface area contributed by atoms with Crippen LogP contribution in [0.25, 0.3) is 0 Å². The number of aryl methyl sites for hydroxylation is 1. The van der Waals surface area contributed by atoms with Gasteiger partial charge in [-0.25, -0.2) is 0 Å². The Balaban J connectivity index is 2.41. The molecule has 1 aromatic rings. The van der Waals surface area contributed by atoms with Gasteiger partial charge in [-0.2, -0.15) is 0 Å². The minimum atomic E-state index is -0.174. The minimum Gasteiger partial charge on any atom is -0.355 e. The Morgan fingerprint density at radius 3 is 2.33 bits per heavy atom. The zero-order valence-corrected chi connectivity index (χ0v) is 13.9. The van der Waals surface area contributed by atoms with E-state index in [1.54, 1.807) is 0 Å². The first-order valence-electron chi connectivity index (χ1n) is 8.21. The lowest BCUT2D eigenvalue weighted by atomic mass is 10.0. The zero-order chi connectivity index (χ0) is 15.7. The fraction of sp³-hybridized carbons (Fsp3) is 0.611. The Morgan fingerprint density at radius 1 is 1.10 bits per heavy atom. The maximum absolute atomic E-state index is 12.0. The number of carbonyl (C=O) groups is 1. The van der Waals surface area contributed by atoms with Crippen molar-refractivity contribution >= 4 is 5.91 Å². The molecule has 1 amide bonds. The van der Waals surface area contributed by atoms with Crippen LogP contribution in [0.5, 0.6) is 0 Å². The van der Waals surface area contributed by atoms with Gasteiger partial charge in [0.05, 0.1) is 6.04 Å². The molecule has 0 heterocycles. The third-order valence-electron chi connectivity index (χ3n) is 3.86. The summed E-state index contributed by atoms with van der Waals surface area (Å²) in [5, 5.41) is 6.35. The Labute approximate surface area is 129 Å². The van der Waals surface area contributed by atoms with Crippen molar-refractivity contribution in [1.82, 2.24) is 10.6 Å². The van der Waals surface area contributed by atoms with Gasteiger partial charge in [-0.15, -0.1) is 0 Å². The van der Waals surface area contributed by atoms with E-state index in [-0.39, 0.29) is 18.0 Å². The van der Waals surface area contributed by atoms with Crippen LogP contribution in [0.1, 0.15) is 64.1 Å². The number of rotatable bonds is 9. The zero-order valence-electron chi connectivity index (χ0n) is 13.9. The summed E-state index contributed by atoms with van der Waals surface area (Å²) in [4.78, 5) is 12.0. The summed E-state index contributed by atoms with van der Waals surface area (Å²) in [7, 11) is 0. The molecule has 0 saturated carbocycles. The van der Waals surface area contributed by atoms with Gasteiger partial charge in [0.15, 0.2) is 0 Å². The average Bonchev–Trinajstić information content (AvgIpc) is 2.51. The van der Waals surface area contributed by atoms with E-state index in [2.05, 4.69) is 55.7 Å². The lowest BCUT2D eigenvalue weighted by molar-refractivity contribution is -0.122. The normalized spacial score (nSPS) is 13.7. The molecule has 0 radical (unpaired) electrons. The van der Waals surface area contributed by atoms with Gasteiger partial charge in [-0.05, 0) is 37.8 Å². The number of amides is 1. The van der Waals surface area contributed by atoms with Crippen molar-refractivity contribution in [2.75, 3.05) is 6.54 Å². The van der Waals surface area contributed by atoms with E-state index in [4.69, 9.17) is 0 Å². The van der Waals surface area contributed by atoms with Crippen molar-refractivity contribution in [2.24, 2.45) is 0 Å². The molecule has 21 heavy (non-hydrogen) atoms. The predicted molar refractivity (Wildman–Crippen MR) is 89.4 cm³/mol. The molecule has 0 fully saturated rings. The lowest BCUT2D eigenvalue weighted by Crippen LogP contribution is -2.43. The molecule has 118 valence electrons. The Morgan fingerprint density at radius 2 is 1.76 bits per heavy atom. The smallest absolute Gasteiger partial charge is 0.236 e. The second kappa shape index (κ2) is 9.56. The molecule has 3 heteroatoms. The van der Waals surface area contributed by atoms with Crippen molar-refractivity contribution in [3.63, 3.8) is 0 Å². The topological polar surface area (TPSA) is 41.1 Å². The highest BCUT2D eigenvalue weighted by Gasteiger charge is 2.15. The highest BCUT2D eigenvalue weighted by molar-refractivity contribution is 5.81. The molecule has 2 N–H and O–H groups in total. The Bertz CT molecular complexity index is 414. The van der Waals surface area contributed by atoms with Gasteiger partial charge in [-0.1, -0.05) is 51.0 Å². The van der Waals surface area contributed by atoms with Gasteiger partial charge in [-0.3, -0.25) is 10.1 Å². The molecule has 0 spiro atoms. The van der Waals surface area contributed by atoms with E-state index >= 15 is 0 Å². The number of hydrogen-bond acceptors (Lipinski definition) is 2. The van der Waals surface area contributed by atoms with E-state index in [9.17, 15) is 4.79 Å². The van der Waals surface area contributed by atoms with E-state index in [1.165, 1.54) is 24.0 Å². The summed E-state index contributed by atoms with van der Waals surface area (Å²) in [5.74, 6) is 0.0862.